The fraction of sp³-hybridized carbons (Fsp3) is 0.516. The van der Waals surface area contributed by atoms with Gasteiger partial charge in [0, 0.05) is 58.9 Å². The van der Waals surface area contributed by atoms with Gasteiger partial charge in [-0.25, -0.2) is 0 Å². The number of nitrogens with one attached hydrogen (secondary N) is 1. The van der Waals surface area contributed by atoms with Gasteiger partial charge in [-0.15, -0.1) is 0 Å². The molecule has 1 aliphatic heterocycles. The number of allylic oxidation sites excluding steroid dienone is 4. The van der Waals surface area contributed by atoms with Crippen LogP contribution in [0.15, 0.2) is 57.7 Å². The van der Waals surface area contributed by atoms with Crippen molar-refractivity contribution in [2.75, 3.05) is 27.2 Å². The van der Waals surface area contributed by atoms with Crippen LogP contribution in [0.4, 0.5) is 0 Å². The van der Waals surface area contributed by atoms with Crippen molar-refractivity contribution in [3.63, 3.8) is 0 Å². The Morgan fingerprint density at radius 3 is 2.03 bits per heavy atom. The summed E-state index contributed by atoms with van der Waals surface area (Å²) in [7, 11) is 4.13. The second-order valence-corrected chi connectivity index (χ2v) is 13.0. The molecule has 3 aliphatic rings. The molecule has 2 aromatic rings. The number of nitrogens with zero attached hydrogens (tertiary/aromatic N) is 2. The summed E-state index contributed by atoms with van der Waals surface area (Å²) in [4.78, 5) is 48.8. The Bertz CT molecular complexity index is 1350. The van der Waals surface area contributed by atoms with E-state index in [-0.39, 0.29) is 28.0 Å². The molecular weight excluding hydrogens is 462 g/mol. The second kappa shape index (κ2) is 9.09. The zero-order valence-electron chi connectivity index (χ0n) is 23.0. The van der Waals surface area contributed by atoms with E-state index in [1.165, 1.54) is 0 Å². The zero-order chi connectivity index (χ0) is 26.7. The minimum Gasteiger partial charge on any atom is -0.348 e. The van der Waals surface area contributed by atoms with Crippen molar-refractivity contribution in [1.82, 2.24) is 14.8 Å². The highest BCUT2D eigenvalue weighted by Crippen LogP contribution is 2.54. The molecule has 0 radical (unpaired) electrons. The van der Waals surface area contributed by atoms with Gasteiger partial charge in [0.2, 0.25) is 0 Å². The Morgan fingerprint density at radius 1 is 0.892 bits per heavy atom. The molecule has 2 aliphatic carbocycles. The summed E-state index contributed by atoms with van der Waals surface area (Å²) in [6, 6.07) is 9.58. The summed E-state index contributed by atoms with van der Waals surface area (Å²) in [5, 5.41) is 0.905. The first-order valence-corrected chi connectivity index (χ1v) is 13.4. The van der Waals surface area contributed by atoms with Crippen LogP contribution in [0.25, 0.3) is 10.9 Å². The Balaban J connectivity index is 1.77. The molecule has 0 bridgehead atoms. The SMILES string of the molecule is CN(C)CCCN1C2=C(C(=O)CC(C)(C)C2)C(c2cc3ccccc3[nH]c2=O)C2=C1CC(C)(C)CC2=O. The molecule has 6 heteroatoms. The molecule has 5 rings (SSSR count). The van der Waals surface area contributed by atoms with Gasteiger partial charge in [-0.1, -0.05) is 45.9 Å². The van der Waals surface area contributed by atoms with Crippen LogP contribution in [0.5, 0.6) is 0 Å². The largest absolute Gasteiger partial charge is 0.348 e. The molecule has 0 spiro atoms. The molecule has 6 nitrogen and oxygen atoms in total. The number of H-pyrrole nitrogens is 1. The van der Waals surface area contributed by atoms with Gasteiger partial charge in [0.25, 0.3) is 5.56 Å². The molecule has 0 unspecified atom stereocenters. The molecule has 196 valence electrons. The van der Waals surface area contributed by atoms with Crippen LogP contribution in [0.2, 0.25) is 0 Å². The van der Waals surface area contributed by atoms with E-state index in [9.17, 15) is 14.4 Å². The van der Waals surface area contributed by atoms with Gasteiger partial charge < -0.3 is 14.8 Å². The quantitative estimate of drug-likeness (QED) is 0.612. The van der Waals surface area contributed by atoms with Crippen molar-refractivity contribution < 1.29 is 9.59 Å². The number of fused-ring (bicyclic) bond motifs is 1. The third-order valence-electron chi connectivity index (χ3n) is 8.10. The molecule has 1 N–H and O–H groups in total. The number of hydrogen-bond donors (Lipinski definition) is 1. The lowest BCUT2D eigenvalue weighted by atomic mass is 9.63. The summed E-state index contributed by atoms with van der Waals surface area (Å²) >= 11 is 0. The van der Waals surface area contributed by atoms with Crippen LogP contribution in [0, 0.1) is 10.8 Å². The summed E-state index contributed by atoms with van der Waals surface area (Å²) in [5.41, 5.74) is 4.04. The number of ketones is 2. The number of carbonyl (C=O) groups is 2. The normalized spacial score (nSPS) is 21.6. The average molecular weight is 502 g/mol. The van der Waals surface area contributed by atoms with Crippen LogP contribution < -0.4 is 5.56 Å². The highest BCUT2D eigenvalue weighted by Gasteiger charge is 2.49. The number of aromatic nitrogens is 1. The van der Waals surface area contributed by atoms with Crippen molar-refractivity contribution in [2.24, 2.45) is 10.8 Å². The van der Waals surface area contributed by atoms with Crippen LogP contribution in [-0.4, -0.2) is 53.5 Å². The van der Waals surface area contributed by atoms with Crippen molar-refractivity contribution in [3.05, 3.63) is 68.8 Å². The van der Waals surface area contributed by atoms with Crippen molar-refractivity contribution in [3.8, 4) is 0 Å². The number of rotatable bonds is 5. The van der Waals surface area contributed by atoms with E-state index in [4.69, 9.17) is 0 Å². The average Bonchev–Trinajstić information content (AvgIpc) is 2.77. The maximum Gasteiger partial charge on any atom is 0.252 e. The van der Waals surface area contributed by atoms with E-state index in [1.807, 2.05) is 30.3 Å². The van der Waals surface area contributed by atoms with E-state index in [0.29, 0.717) is 29.6 Å². The third-order valence-corrected chi connectivity index (χ3v) is 8.10. The highest BCUT2D eigenvalue weighted by atomic mass is 16.1. The lowest BCUT2D eigenvalue weighted by molar-refractivity contribution is -0.119. The van der Waals surface area contributed by atoms with E-state index < -0.39 is 5.92 Å². The first kappa shape index (κ1) is 25.7. The lowest BCUT2D eigenvalue weighted by Gasteiger charge is -2.49. The molecule has 0 saturated heterocycles. The molecule has 0 fully saturated rings. The van der Waals surface area contributed by atoms with Gasteiger partial charge in [-0.3, -0.25) is 14.4 Å². The minimum atomic E-state index is -0.615. The number of para-hydroxylation sites is 1. The molecule has 37 heavy (non-hydrogen) atoms. The fourth-order valence-corrected chi connectivity index (χ4v) is 6.55. The van der Waals surface area contributed by atoms with E-state index in [0.717, 1.165) is 54.6 Å². The van der Waals surface area contributed by atoms with Gasteiger partial charge >= 0.3 is 0 Å². The van der Waals surface area contributed by atoms with Crippen molar-refractivity contribution >= 4 is 22.5 Å². The number of hydrogen-bond acceptors (Lipinski definition) is 5. The van der Waals surface area contributed by atoms with E-state index in [1.54, 1.807) is 0 Å². The first-order valence-electron chi connectivity index (χ1n) is 13.4. The summed E-state index contributed by atoms with van der Waals surface area (Å²) in [6.45, 7) is 10.2. The molecular formula is C31H39N3O3. The number of aromatic amines is 1. The number of Topliss-reactive ketones (excluding diaryl/α,β-unsaturated/α-hetero) is 2. The molecule has 0 amide bonds. The molecule has 1 aromatic heterocycles. The summed E-state index contributed by atoms with van der Waals surface area (Å²) < 4.78 is 0. The minimum absolute atomic E-state index is 0.0607. The Morgan fingerprint density at radius 2 is 1.46 bits per heavy atom. The molecule has 1 aromatic carbocycles. The van der Waals surface area contributed by atoms with Crippen molar-refractivity contribution in [1.29, 1.82) is 0 Å². The summed E-state index contributed by atoms with van der Waals surface area (Å²) in [5.74, 6) is -0.494. The molecule has 2 heterocycles. The van der Waals surface area contributed by atoms with Gasteiger partial charge in [-0.05, 0) is 68.3 Å². The van der Waals surface area contributed by atoms with Crippen LogP contribution >= 0.6 is 0 Å². The first-order chi connectivity index (χ1) is 17.4. The highest BCUT2D eigenvalue weighted by molar-refractivity contribution is 6.07. The van der Waals surface area contributed by atoms with Gasteiger partial charge in [0.1, 0.15) is 0 Å². The Labute approximate surface area is 219 Å². The van der Waals surface area contributed by atoms with E-state index in [2.05, 4.69) is 56.6 Å². The maximum absolute atomic E-state index is 13.9. The summed E-state index contributed by atoms with van der Waals surface area (Å²) in [6.07, 6.45) is 3.27. The fourth-order valence-electron chi connectivity index (χ4n) is 6.55. The molecule has 0 atom stereocenters. The standard InChI is InChI=1S/C31H39N3O3/c1-30(2)15-22-27(24(35)17-30)26(20-14-19-10-7-8-11-21(19)32-29(20)37)28-23(16-31(3,4)18-25(28)36)34(22)13-9-12-33(5)6/h7-8,10-11,14,26H,9,12-13,15-18H2,1-6H3,(H,32,37). The van der Waals surface area contributed by atoms with Crippen LogP contribution in [0.3, 0.4) is 0 Å². The van der Waals surface area contributed by atoms with Gasteiger partial charge in [0.15, 0.2) is 11.6 Å². The maximum atomic E-state index is 13.9. The molecule has 0 saturated carbocycles. The zero-order valence-corrected chi connectivity index (χ0v) is 23.0. The van der Waals surface area contributed by atoms with Crippen molar-refractivity contribution in [2.45, 2.75) is 65.7 Å². The van der Waals surface area contributed by atoms with Gasteiger partial charge in [0.05, 0.1) is 0 Å². The predicted molar refractivity (Wildman–Crippen MR) is 147 cm³/mol. The Hall–Kier alpha value is -2.99. The predicted octanol–water partition coefficient (Wildman–Crippen LogP) is 5.17. The monoisotopic (exact) mass is 501 g/mol. The second-order valence-electron chi connectivity index (χ2n) is 13.0. The smallest absolute Gasteiger partial charge is 0.252 e. The third kappa shape index (κ3) is 4.72. The number of benzene rings is 1. The number of pyridine rings is 1. The lowest BCUT2D eigenvalue weighted by Crippen LogP contribution is -2.45. The number of carbonyl (C=O) groups excluding carboxylic acids is 2. The van der Waals surface area contributed by atoms with Gasteiger partial charge in [-0.2, -0.15) is 0 Å². The Kier molecular flexibility index (Phi) is 6.30. The van der Waals surface area contributed by atoms with Crippen LogP contribution in [-0.2, 0) is 9.59 Å². The van der Waals surface area contributed by atoms with Crippen LogP contribution in [0.1, 0.15) is 71.3 Å². The topological polar surface area (TPSA) is 73.5 Å². The van der Waals surface area contributed by atoms with E-state index >= 15 is 0 Å².